The number of hydrogen-bond donors (Lipinski definition) is 2. The zero-order chi connectivity index (χ0) is 22.9. The van der Waals surface area contributed by atoms with Crippen molar-refractivity contribution in [1.29, 1.82) is 0 Å². The SMILES string of the molecule is O=S(=O)(NCc1ccco1)c1cccc(NS(=O)(=O)c2cc(C(F)(F)F)ccc2Cl)c1. The predicted octanol–water partition coefficient (Wildman–Crippen LogP) is 4.23. The lowest BCUT2D eigenvalue weighted by atomic mass is 10.2. The van der Waals surface area contributed by atoms with Crippen molar-refractivity contribution in [2.24, 2.45) is 0 Å². The highest BCUT2D eigenvalue weighted by Gasteiger charge is 2.33. The van der Waals surface area contributed by atoms with Gasteiger partial charge in [0.05, 0.1) is 34.0 Å². The zero-order valence-electron chi connectivity index (χ0n) is 15.4. The Balaban J connectivity index is 1.86. The largest absolute Gasteiger partial charge is 0.468 e. The molecule has 13 heteroatoms. The first-order valence-electron chi connectivity index (χ1n) is 8.40. The fraction of sp³-hybridized carbons (Fsp3) is 0.111. The molecular weight excluding hydrogens is 481 g/mol. The molecule has 3 rings (SSSR count). The van der Waals surface area contributed by atoms with Gasteiger partial charge in [0, 0.05) is 0 Å². The van der Waals surface area contributed by atoms with Crippen LogP contribution in [-0.2, 0) is 32.8 Å². The topological polar surface area (TPSA) is 105 Å². The van der Waals surface area contributed by atoms with Crippen LogP contribution in [0.4, 0.5) is 18.9 Å². The molecule has 0 saturated heterocycles. The molecule has 2 aromatic carbocycles. The van der Waals surface area contributed by atoms with Crippen LogP contribution in [0.5, 0.6) is 0 Å². The Morgan fingerprint density at radius 2 is 1.68 bits per heavy atom. The molecule has 166 valence electrons. The summed E-state index contributed by atoms with van der Waals surface area (Å²) in [6.45, 7) is -0.134. The Morgan fingerprint density at radius 3 is 2.32 bits per heavy atom. The Morgan fingerprint density at radius 1 is 0.935 bits per heavy atom. The first kappa shape index (κ1) is 23.1. The van der Waals surface area contributed by atoms with Crippen molar-refractivity contribution in [2.45, 2.75) is 22.5 Å². The van der Waals surface area contributed by atoms with Crippen molar-refractivity contribution in [3.63, 3.8) is 0 Å². The number of anilines is 1. The number of sulfonamides is 2. The summed E-state index contributed by atoms with van der Waals surface area (Å²) in [5.74, 6) is 0.361. The number of benzene rings is 2. The Kier molecular flexibility index (Phi) is 6.37. The molecule has 0 amide bonds. The van der Waals surface area contributed by atoms with Gasteiger partial charge < -0.3 is 4.42 Å². The van der Waals surface area contributed by atoms with Crippen LogP contribution in [0, 0.1) is 0 Å². The van der Waals surface area contributed by atoms with Crippen LogP contribution in [0.1, 0.15) is 11.3 Å². The summed E-state index contributed by atoms with van der Waals surface area (Å²) in [6.07, 6.45) is -3.40. The van der Waals surface area contributed by atoms with Gasteiger partial charge in [0.25, 0.3) is 10.0 Å². The average molecular weight is 495 g/mol. The summed E-state index contributed by atoms with van der Waals surface area (Å²) in [5.41, 5.74) is -1.38. The normalized spacial score (nSPS) is 12.6. The third-order valence-corrected chi connectivity index (χ3v) is 7.22. The van der Waals surface area contributed by atoms with Gasteiger partial charge in [0.2, 0.25) is 10.0 Å². The average Bonchev–Trinajstić information content (AvgIpc) is 3.19. The molecular formula is C18H14ClF3N2O5S2. The molecule has 0 fully saturated rings. The lowest BCUT2D eigenvalue weighted by molar-refractivity contribution is -0.137. The second kappa shape index (κ2) is 8.54. The van der Waals surface area contributed by atoms with Crippen LogP contribution in [-0.4, -0.2) is 16.8 Å². The molecule has 1 aromatic heterocycles. The molecule has 0 bridgehead atoms. The van der Waals surface area contributed by atoms with E-state index in [9.17, 15) is 30.0 Å². The third-order valence-electron chi connectivity index (χ3n) is 3.96. The van der Waals surface area contributed by atoms with Crippen molar-refractivity contribution < 1.29 is 34.4 Å². The molecule has 7 nitrogen and oxygen atoms in total. The molecule has 0 aliphatic rings. The van der Waals surface area contributed by atoms with Crippen molar-refractivity contribution in [1.82, 2.24) is 4.72 Å². The maximum Gasteiger partial charge on any atom is 0.416 e. The van der Waals surface area contributed by atoms with E-state index in [4.69, 9.17) is 16.0 Å². The highest BCUT2D eigenvalue weighted by molar-refractivity contribution is 7.93. The van der Waals surface area contributed by atoms with E-state index in [1.165, 1.54) is 24.5 Å². The van der Waals surface area contributed by atoms with E-state index in [0.29, 0.717) is 17.9 Å². The highest BCUT2D eigenvalue weighted by Crippen LogP contribution is 2.34. The first-order valence-corrected chi connectivity index (χ1v) is 11.7. The zero-order valence-corrected chi connectivity index (χ0v) is 17.7. The maximum atomic E-state index is 12.9. The minimum absolute atomic E-state index is 0.134. The number of alkyl halides is 3. The van der Waals surface area contributed by atoms with Gasteiger partial charge in [-0.1, -0.05) is 17.7 Å². The Bertz CT molecular complexity index is 1290. The van der Waals surface area contributed by atoms with Gasteiger partial charge in [-0.25, -0.2) is 21.6 Å². The number of furan rings is 1. The maximum absolute atomic E-state index is 12.9. The summed E-state index contributed by atoms with van der Waals surface area (Å²) in [4.78, 5) is -1.07. The lowest BCUT2D eigenvalue weighted by Gasteiger charge is -2.13. The quantitative estimate of drug-likeness (QED) is 0.511. The Labute approximate surface area is 180 Å². The van der Waals surface area contributed by atoms with Crippen LogP contribution in [0.25, 0.3) is 0 Å². The number of rotatable bonds is 7. The lowest BCUT2D eigenvalue weighted by Crippen LogP contribution is -2.23. The monoisotopic (exact) mass is 494 g/mol. The van der Waals surface area contributed by atoms with E-state index in [2.05, 4.69) is 4.72 Å². The van der Waals surface area contributed by atoms with Crippen molar-refractivity contribution in [3.8, 4) is 0 Å². The number of hydrogen-bond acceptors (Lipinski definition) is 5. The summed E-state index contributed by atoms with van der Waals surface area (Å²) in [6, 6.07) is 9.76. The molecule has 0 unspecified atom stereocenters. The molecule has 0 radical (unpaired) electrons. The van der Waals surface area contributed by atoms with Gasteiger partial charge in [-0.3, -0.25) is 4.72 Å². The van der Waals surface area contributed by atoms with Gasteiger partial charge in [0.1, 0.15) is 10.7 Å². The summed E-state index contributed by atoms with van der Waals surface area (Å²) >= 11 is 5.79. The molecule has 0 spiro atoms. The van der Waals surface area contributed by atoms with Gasteiger partial charge in [-0.2, -0.15) is 13.2 Å². The molecule has 1 heterocycles. The fourth-order valence-corrected chi connectivity index (χ4v) is 5.10. The fourth-order valence-electron chi connectivity index (χ4n) is 2.49. The number of halogens is 4. The third kappa shape index (κ3) is 5.58. The van der Waals surface area contributed by atoms with Gasteiger partial charge >= 0.3 is 6.18 Å². The van der Waals surface area contributed by atoms with Crippen LogP contribution in [0.3, 0.4) is 0 Å². The van der Waals surface area contributed by atoms with E-state index >= 15 is 0 Å². The van der Waals surface area contributed by atoms with E-state index in [-0.39, 0.29) is 17.1 Å². The van der Waals surface area contributed by atoms with Gasteiger partial charge in [0.15, 0.2) is 0 Å². The molecule has 2 N–H and O–H groups in total. The Hall–Kier alpha value is -2.54. The standard InChI is InChI=1S/C18H14ClF3N2O5S2/c19-16-7-6-12(18(20,21)22)9-17(16)31(27,28)24-13-3-1-5-15(10-13)30(25,26)23-11-14-4-2-8-29-14/h1-10,23-24H,11H2. The second-order valence-corrected chi connectivity index (χ2v) is 10.0. The van der Waals surface area contributed by atoms with E-state index in [1.54, 1.807) is 12.1 Å². The van der Waals surface area contributed by atoms with E-state index < -0.39 is 41.7 Å². The first-order chi connectivity index (χ1) is 14.4. The van der Waals surface area contributed by atoms with Crippen molar-refractivity contribution in [2.75, 3.05) is 4.72 Å². The summed E-state index contributed by atoms with van der Waals surface area (Å²) in [7, 11) is -8.58. The summed E-state index contributed by atoms with van der Waals surface area (Å²) in [5, 5.41) is -0.426. The minimum atomic E-state index is -4.78. The van der Waals surface area contributed by atoms with Crippen molar-refractivity contribution in [3.05, 3.63) is 77.2 Å². The van der Waals surface area contributed by atoms with E-state index in [1.807, 2.05) is 4.72 Å². The summed E-state index contributed by atoms with van der Waals surface area (Å²) < 4.78 is 98.3. The van der Waals surface area contributed by atoms with Crippen molar-refractivity contribution >= 4 is 37.3 Å². The van der Waals surface area contributed by atoms with Crippen LogP contribution < -0.4 is 9.44 Å². The highest BCUT2D eigenvalue weighted by atomic mass is 35.5. The van der Waals surface area contributed by atoms with Crippen LogP contribution in [0.15, 0.2) is 75.1 Å². The number of nitrogens with one attached hydrogen (secondary N) is 2. The van der Waals surface area contributed by atoms with Crippen LogP contribution in [0.2, 0.25) is 5.02 Å². The molecule has 0 atom stereocenters. The molecule has 0 aliphatic heterocycles. The molecule has 3 aromatic rings. The second-order valence-electron chi connectivity index (χ2n) is 6.18. The minimum Gasteiger partial charge on any atom is -0.468 e. The van der Waals surface area contributed by atoms with Crippen LogP contribution >= 0.6 is 11.6 Å². The molecule has 0 saturated carbocycles. The van der Waals surface area contributed by atoms with Gasteiger partial charge in [-0.05, 0) is 48.5 Å². The molecule has 0 aliphatic carbocycles. The van der Waals surface area contributed by atoms with E-state index in [0.717, 1.165) is 12.1 Å². The smallest absolute Gasteiger partial charge is 0.416 e. The predicted molar refractivity (Wildman–Crippen MR) is 106 cm³/mol. The van der Waals surface area contributed by atoms with Gasteiger partial charge in [-0.15, -0.1) is 0 Å². The molecule has 31 heavy (non-hydrogen) atoms.